The second-order valence-corrected chi connectivity index (χ2v) is 4.48. The zero-order valence-electron chi connectivity index (χ0n) is 10.1. The summed E-state index contributed by atoms with van der Waals surface area (Å²) in [5.74, 6) is -0.602. The second kappa shape index (κ2) is 5.18. The van der Waals surface area contributed by atoms with E-state index in [0.29, 0.717) is 6.42 Å². The highest BCUT2D eigenvalue weighted by atomic mass is 16.3. The lowest BCUT2D eigenvalue weighted by Crippen LogP contribution is -2.65. The Balaban J connectivity index is 2.04. The summed E-state index contributed by atoms with van der Waals surface area (Å²) >= 11 is 0. The van der Waals surface area contributed by atoms with Crippen molar-refractivity contribution in [2.75, 3.05) is 0 Å². The van der Waals surface area contributed by atoms with E-state index in [2.05, 4.69) is 10.6 Å². The molecular weight excluding hydrogens is 232 g/mol. The SMILES string of the molecule is C[C@H](O)[C@@H]1NC(=O)[C@H](Cc2ccccc2)NC1=O. The Hall–Kier alpha value is -1.88. The number of aliphatic hydroxyl groups is 1. The van der Waals surface area contributed by atoms with E-state index in [4.69, 9.17) is 0 Å². The van der Waals surface area contributed by atoms with Gasteiger partial charge in [-0.15, -0.1) is 0 Å². The van der Waals surface area contributed by atoms with Crippen LogP contribution >= 0.6 is 0 Å². The standard InChI is InChI=1S/C13H16N2O3/c1-8(16)11-13(18)14-10(12(17)15-11)7-9-5-3-2-4-6-9/h2-6,8,10-11,16H,7H2,1H3,(H,14,18)(H,15,17)/t8-,10-,11-/m0/s1. The molecule has 2 amide bonds. The van der Waals surface area contributed by atoms with Crippen LogP contribution < -0.4 is 10.6 Å². The van der Waals surface area contributed by atoms with Crippen LogP contribution in [0.25, 0.3) is 0 Å². The number of benzene rings is 1. The molecule has 5 nitrogen and oxygen atoms in total. The third kappa shape index (κ3) is 2.68. The van der Waals surface area contributed by atoms with Gasteiger partial charge >= 0.3 is 0 Å². The third-order valence-electron chi connectivity index (χ3n) is 2.98. The van der Waals surface area contributed by atoms with Crippen molar-refractivity contribution >= 4 is 11.8 Å². The Morgan fingerprint density at radius 2 is 1.83 bits per heavy atom. The van der Waals surface area contributed by atoms with E-state index >= 15 is 0 Å². The third-order valence-corrected chi connectivity index (χ3v) is 2.98. The number of piperazine rings is 1. The fourth-order valence-electron chi connectivity index (χ4n) is 1.98. The van der Waals surface area contributed by atoms with Gasteiger partial charge in [0.25, 0.3) is 0 Å². The molecule has 0 radical (unpaired) electrons. The van der Waals surface area contributed by atoms with E-state index in [9.17, 15) is 14.7 Å². The number of rotatable bonds is 3. The predicted molar refractivity (Wildman–Crippen MR) is 65.7 cm³/mol. The quantitative estimate of drug-likeness (QED) is 0.680. The van der Waals surface area contributed by atoms with Gasteiger partial charge in [0.1, 0.15) is 12.1 Å². The van der Waals surface area contributed by atoms with Crippen LogP contribution in [0.15, 0.2) is 30.3 Å². The molecule has 0 unspecified atom stereocenters. The van der Waals surface area contributed by atoms with Gasteiger partial charge in [0.05, 0.1) is 6.10 Å². The van der Waals surface area contributed by atoms with Gasteiger partial charge in [-0.25, -0.2) is 0 Å². The maximum atomic E-state index is 11.8. The molecule has 1 aliphatic heterocycles. The van der Waals surface area contributed by atoms with Crippen molar-refractivity contribution in [3.63, 3.8) is 0 Å². The Morgan fingerprint density at radius 3 is 2.44 bits per heavy atom. The van der Waals surface area contributed by atoms with Gasteiger partial charge in [0, 0.05) is 6.42 Å². The van der Waals surface area contributed by atoms with E-state index < -0.39 is 18.2 Å². The van der Waals surface area contributed by atoms with Gasteiger partial charge in [0.2, 0.25) is 11.8 Å². The van der Waals surface area contributed by atoms with E-state index in [0.717, 1.165) is 5.56 Å². The number of carbonyl (C=O) groups is 2. The summed E-state index contributed by atoms with van der Waals surface area (Å²) in [6.07, 6.45) is -0.447. The molecule has 96 valence electrons. The summed E-state index contributed by atoms with van der Waals surface area (Å²) in [5.41, 5.74) is 0.980. The number of aliphatic hydroxyl groups excluding tert-OH is 1. The minimum absolute atomic E-state index is 0.260. The van der Waals surface area contributed by atoms with Gasteiger partial charge in [-0.2, -0.15) is 0 Å². The summed E-state index contributed by atoms with van der Waals surface area (Å²) in [6.45, 7) is 1.47. The lowest BCUT2D eigenvalue weighted by atomic mass is 10.0. The number of amides is 2. The topological polar surface area (TPSA) is 78.4 Å². The highest BCUT2D eigenvalue weighted by Crippen LogP contribution is 2.08. The molecule has 5 heteroatoms. The van der Waals surface area contributed by atoms with Crippen LogP contribution in [0.5, 0.6) is 0 Å². The Kier molecular flexibility index (Phi) is 3.62. The minimum atomic E-state index is -0.897. The zero-order valence-corrected chi connectivity index (χ0v) is 10.1. The lowest BCUT2D eigenvalue weighted by molar-refractivity contribution is -0.139. The molecule has 1 aromatic rings. The highest BCUT2D eigenvalue weighted by molar-refractivity contribution is 5.97. The van der Waals surface area contributed by atoms with Crippen LogP contribution in [-0.4, -0.2) is 35.1 Å². The van der Waals surface area contributed by atoms with Crippen molar-refractivity contribution in [2.45, 2.75) is 31.5 Å². The van der Waals surface area contributed by atoms with Crippen LogP contribution in [0.1, 0.15) is 12.5 Å². The fourth-order valence-corrected chi connectivity index (χ4v) is 1.98. The van der Waals surface area contributed by atoms with Gasteiger partial charge in [-0.05, 0) is 12.5 Å². The normalized spacial score (nSPS) is 25.2. The summed E-state index contributed by atoms with van der Waals surface area (Å²) < 4.78 is 0. The van der Waals surface area contributed by atoms with E-state index in [1.807, 2.05) is 30.3 Å². The first-order valence-corrected chi connectivity index (χ1v) is 5.90. The molecule has 18 heavy (non-hydrogen) atoms. The first kappa shape index (κ1) is 12.6. The Morgan fingerprint density at radius 1 is 1.17 bits per heavy atom. The number of nitrogens with one attached hydrogen (secondary N) is 2. The molecule has 3 atom stereocenters. The van der Waals surface area contributed by atoms with Crippen LogP contribution in [0, 0.1) is 0 Å². The maximum Gasteiger partial charge on any atom is 0.245 e. The van der Waals surface area contributed by atoms with Gasteiger partial charge in [0.15, 0.2) is 0 Å². The smallest absolute Gasteiger partial charge is 0.245 e. The van der Waals surface area contributed by atoms with Gasteiger partial charge in [-0.3, -0.25) is 9.59 Å². The molecule has 1 aliphatic rings. The highest BCUT2D eigenvalue weighted by Gasteiger charge is 2.35. The average Bonchev–Trinajstić information content (AvgIpc) is 2.34. The molecule has 1 saturated heterocycles. The summed E-state index contributed by atoms with van der Waals surface area (Å²) in [6, 6.07) is 8.04. The largest absolute Gasteiger partial charge is 0.391 e. The molecule has 0 spiro atoms. The molecule has 0 bridgehead atoms. The van der Waals surface area contributed by atoms with E-state index in [1.165, 1.54) is 6.92 Å². The summed E-state index contributed by atoms with van der Waals surface area (Å²) in [4.78, 5) is 23.5. The monoisotopic (exact) mass is 248 g/mol. The molecule has 1 heterocycles. The van der Waals surface area contributed by atoms with E-state index in [-0.39, 0.29) is 11.8 Å². The first-order valence-electron chi connectivity index (χ1n) is 5.90. The minimum Gasteiger partial charge on any atom is -0.391 e. The molecule has 0 saturated carbocycles. The molecule has 0 aliphatic carbocycles. The van der Waals surface area contributed by atoms with Gasteiger partial charge < -0.3 is 15.7 Å². The molecule has 1 fully saturated rings. The maximum absolute atomic E-state index is 11.8. The Labute approximate surface area is 105 Å². The molecule has 2 rings (SSSR count). The second-order valence-electron chi connectivity index (χ2n) is 4.48. The van der Waals surface area contributed by atoms with Crippen molar-refractivity contribution in [3.8, 4) is 0 Å². The van der Waals surface area contributed by atoms with Crippen molar-refractivity contribution in [2.24, 2.45) is 0 Å². The predicted octanol–water partition coefficient (Wildman–Crippen LogP) is -0.407. The van der Waals surface area contributed by atoms with Gasteiger partial charge in [-0.1, -0.05) is 30.3 Å². The van der Waals surface area contributed by atoms with Crippen molar-refractivity contribution in [3.05, 3.63) is 35.9 Å². The zero-order chi connectivity index (χ0) is 13.1. The molecule has 0 aromatic heterocycles. The molecular formula is C13H16N2O3. The first-order chi connectivity index (χ1) is 8.58. The number of hydrogen-bond donors (Lipinski definition) is 3. The van der Waals surface area contributed by atoms with Crippen LogP contribution in [0.3, 0.4) is 0 Å². The summed E-state index contributed by atoms with van der Waals surface area (Å²) in [5, 5.41) is 14.5. The lowest BCUT2D eigenvalue weighted by Gasteiger charge is -2.31. The number of hydrogen-bond acceptors (Lipinski definition) is 3. The molecule has 1 aromatic carbocycles. The van der Waals surface area contributed by atoms with Crippen molar-refractivity contribution in [1.29, 1.82) is 0 Å². The average molecular weight is 248 g/mol. The Bertz CT molecular complexity index is 445. The number of carbonyl (C=O) groups excluding carboxylic acids is 2. The summed E-state index contributed by atoms with van der Waals surface area (Å²) in [7, 11) is 0. The van der Waals surface area contributed by atoms with Crippen LogP contribution in [0.2, 0.25) is 0 Å². The van der Waals surface area contributed by atoms with Crippen LogP contribution in [0.4, 0.5) is 0 Å². The fraction of sp³-hybridized carbons (Fsp3) is 0.385. The van der Waals surface area contributed by atoms with Crippen LogP contribution in [-0.2, 0) is 16.0 Å². The van der Waals surface area contributed by atoms with E-state index in [1.54, 1.807) is 0 Å². The van der Waals surface area contributed by atoms with Crippen molar-refractivity contribution in [1.82, 2.24) is 10.6 Å². The van der Waals surface area contributed by atoms with Crippen molar-refractivity contribution < 1.29 is 14.7 Å². The molecule has 3 N–H and O–H groups in total.